The summed E-state index contributed by atoms with van der Waals surface area (Å²) in [6.07, 6.45) is 1.98. The van der Waals surface area contributed by atoms with Gasteiger partial charge in [0.1, 0.15) is 5.75 Å². The summed E-state index contributed by atoms with van der Waals surface area (Å²) >= 11 is 0. The van der Waals surface area contributed by atoms with E-state index in [-0.39, 0.29) is 5.75 Å². The van der Waals surface area contributed by atoms with Crippen molar-refractivity contribution in [2.45, 2.75) is 12.8 Å². The lowest BCUT2D eigenvalue weighted by Gasteiger charge is -2.18. The second-order valence-corrected chi connectivity index (χ2v) is 3.08. The van der Waals surface area contributed by atoms with E-state index < -0.39 is 0 Å². The van der Waals surface area contributed by atoms with Crippen LogP contribution < -0.4 is 9.47 Å². The number of aromatic hydroxyl groups is 1. The van der Waals surface area contributed by atoms with Crippen molar-refractivity contribution in [2.24, 2.45) is 0 Å². The topological polar surface area (TPSA) is 38.7 Å². The summed E-state index contributed by atoms with van der Waals surface area (Å²) < 4.78 is 10.4. The highest BCUT2D eigenvalue weighted by Crippen LogP contribution is 2.35. The summed E-state index contributed by atoms with van der Waals surface area (Å²) in [7, 11) is 1.53. The van der Waals surface area contributed by atoms with Crippen molar-refractivity contribution in [3.05, 3.63) is 17.7 Å². The van der Waals surface area contributed by atoms with E-state index in [1.54, 1.807) is 12.1 Å². The first-order valence-corrected chi connectivity index (χ1v) is 4.34. The molecule has 0 radical (unpaired) electrons. The van der Waals surface area contributed by atoms with Gasteiger partial charge in [-0.3, -0.25) is 0 Å². The number of rotatable bonds is 1. The molecule has 0 unspecified atom stereocenters. The minimum atomic E-state index is 0.187. The van der Waals surface area contributed by atoms with E-state index in [4.69, 9.17) is 9.47 Å². The Morgan fingerprint density at radius 1 is 1.46 bits per heavy atom. The maximum atomic E-state index is 9.49. The first kappa shape index (κ1) is 8.23. The summed E-state index contributed by atoms with van der Waals surface area (Å²) in [5.74, 6) is 1.49. The standard InChI is InChI=1S/C10H12O3/c1-12-10-6-9-7(5-8(10)11)3-2-4-13-9/h5-6,11H,2-4H2,1H3. The van der Waals surface area contributed by atoms with E-state index in [1.165, 1.54) is 7.11 Å². The predicted molar refractivity (Wildman–Crippen MR) is 48.5 cm³/mol. The molecular formula is C10H12O3. The molecule has 1 aromatic carbocycles. The number of hydrogen-bond acceptors (Lipinski definition) is 3. The molecule has 1 aliphatic heterocycles. The van der Waals surface area contributed by atoms with Gasteiger partial charge in [0.15, 0.2) is 11.5 Å². The molecule has 0 fully saturated rings. The van der Waals surface area contributed by atoms with Crippen molar-refractivity contribution in [3.63, 3.8) is 0 Å². The van der Waals surface area contributed by atoms with Gasteiger partial charge in [0, 0.05) is 6.07 Å². The highest BCUT2D eigenvalue weighted by molar-refractivity contribution is 5.50. The zero-order valence-electron chi connectivity index (χ0n) is 7.54. The van der Waals surface area contributed by atoms with Crippen molar-refractivity contribution in [1.82, 2.24) is 0 Å². The third kappa shape index (κ3) is 1.41. The molecule has 0 bridgehead atoms. The third-order valence-electron chi connectivity index (χ3n) is 2.21. The van der Waals surface area contributed by atoms with Crippen LogP contribution in [0.3, 0.4) is 0 Å². The van der Waals surface area contributed by atoms with Gasteiger partial charge in [-0.2, -0.15) is 0 Å². The van der Waals surface area contributed by atoms with Crippen LogP contribution in [0.2, 0.25) is 0 Å². The molecule has 1 aromatic rings. The Kier molecular flexibility index (Phi) is 2.00. The monoisotopic (exact) mass is 180 g/mol. The van der Waals surface area contributed by atoms with Crippen LogP contribution >= 0.6 is 0 Å². The molecule has 0 saturated carbocycles. The van der Waals surface area contributed by atoms with E-state index in [9.17, 15) is 5.11 Å². The van der Waals surface area contributed by atoms with Crippen LogP contribution in [0, 0.1) is 0 Å². The van der Waals surface area contributed by atoms with Crippen molar-refractivity contribution >= 4 is 0 Å². The second kappa shape index (κ2) is 3.17. The zero-order valence-corrected chi connectivity index (χ0v) is 7.54. The molecule has 2 rings (SSSR count). The Morgan fingerprint density at radius 3 is 3.08 bits per heavy atom. The second-order valence-electron chi connectivity index (χ2n) is 3.08. The van der Waals surface area contributed by atoms with Crippen molar-refractivity contribution in [3.8, 4) is 17.2 Å². The number of methoxy groups -OCH3 is 1. The lowest BCUT2D eigenvalue weighted by Crippen LogP contribution is -2.08. The first-order valence-electron chi connectivity index (χ1n) is 4.34. The Hall–Kier alpha value is -1.38. The van der Waals surface area contributed by atoms with Gasteiger partial charge < -0.3 is 14.6 Å². The summed E-state index contributed by atoms with van der Waals surface area (Å²) in [6, 6.07) is 3.46. The van der Waals surface area contributed by atoms with Crippen molar-refractivity contribution in [2.75, 3.05) is 13.7 Å². The van der Waals surface area contributed by atoms with E-state index >= 15 is 0 Å². The van der Waals surface area contributed by atoms with Gasteiger partial charge >= 0.3 is 0 Å². The largest absolute Gasteiger partial charge is 0.504 e. The molecule has 0 atom stereocenters. The minimum absolute atomic E-state index is 0.187. The fourth-order valence-corrected chi connectivity index (χ4v) is 1.53. The number of hydrogen-bond donors (Lipinski definition) is 1. The zero-order chi connectivity index (χ0) is 9.26. The van der Waals surface area contributed by atoms with Crippen LogP contribution in [0.15, 0.2) is 12.1 Å². The van der Waals surface area contributed by atoms with Gasteiger partial charge in [-0.25, -0.2) is 0 Å². The van der Waals surface area contributed by atoms with Gasteiger partial charge in [0.2, 0.25) is 0 Å². The molecule has 1 heterocycles. The number of aryl methyl sites for hydroxylation is 1. The molecule has 0 aromatic heterocycles. The molecule has 0 spiro atoms. The molecular weight excluding hydrogens is 168 g/mol. The van der Waals surface area contributed by atoms with Crippen molar-refractivity contribution < 1.29 is 14.6 Å². The number of fused-ring (bicyclic) bond motifs is 1. The highest BCUT2D eigenvalue weighted by atomic mass is 16.5. The fraction of sp³-hybridized carbons (Fsp3) is 0.400. The van der Waals surface area contributed by atoms with Crippen LogP contribution in [0.1, 0.15) is 12.0 Å². The van der Waals surface area contributed by atoms with E-state index in [2.05, 4.69) is 0 Å². The average Bonchev–Trinajstić information content (AvgIpc) is 2.17. The normalized spacial score (nSPS) is 14.5. The third-order valence-corrected chi connectivity index (χ3v) is 2.21. The summed E-state index contributed by atoms with van der Waals surface area (Å²) in [5.41, 5.74) is 1.06. The van der Waals surface area contributed by atoms with Gasteiger partial charge in [0.25, 0.3) is 0 Å². The van der Waals surface area contributed by atoms with Crippen LogP contribution in [0.25, 0.3) is 0 Å². The van der Waals surface area contributed by atoms with Gasteiger partial charge in [-0.1, -0.05) is 0 Å². The molecule has 1 N–H and O–H groups in total. The van der Waals surface area contributed by atoms with Crippen LogP contribution in [-0.4, -0.2) is 18.8 Å². The minimum Gasteiger partial charge on any atom is -0.504 e. The molecule has 3 heteroatoms. The highest BCUT2D eigenvalue weighted by Gasteiger charge is 2.14. The SMILES string of the molecule is COc1cc2c(cc1O)CCCO2. The smallest absolute Gasteiger partial charge is 0.164 e. The molecule has 70 valence electrons. The van der Waals surface area contributed by atoms with E-state index in [1.807, 2.05) is 0 Å². The maximum absolute atomic E-state index is 9.49. The van der Waals surface area contributed by atoms with E-state index in [0.717, 1.165) is 30.8 Å². The molecule has 0 amide bonds. The Morgan fingerprint density at radius 2 is 2.31 bits per heavy atom. The van der Waals surface area contributed by atoms with Crippen LogP contribution in [0.5, 0.6) is 17.2 Å². The van der Waals surface area contributed by atoms with Crippen molar-refractivity contribution in [1.29, 1.82) is 0 Å². The molecule has 13 heavy (non-hydrogen) atoms. The van der Waals surface area contributed by atoms with E-state index in [0.29, 0.717) is 5.75 Å². The quantitative estimate of drug-likeness (QED) is 0.715. The first-order chi connectivity index (χ1) is 6.31. The summed E-state index contributed by atoms with van der Waals surface area (Å²) in [5, 5.41) is 9.49. The number of phenols is 1. The molecule has 1 aliphatic rings. The lowest BCUT2D eigenvalue weighted by molar-refractivity contribution is 0.283. The Bertz CT molecular complexity index is 320. The number of ether oxygens (including phenoxy) is 2. The summed E-state index contributed by atoms with van der Waals surface area (Å²) in [4.78, 5) is 0. The van der Waals surface area contributed by atoms with Gasteiger partial charge in [0.05, 0.1) is 13.7 Å². The number of phenolic OH excluding ortho intramolecular Hbond substituents is 1. The Labute approximate surface area is 76.9 Å². The lowest BCUT2D eigenvalue weighted by atomic mass is 10.1. The number of benzene rings is 1. The fourth-order valence-electron chi connectivity index (χ4n) is 1.53. The molecule has 0 saturated heterocycles. The van der Waals surface area contributed by atoms with Gasteiger partial charge in [-0.05, 0) is 24.5 Å². The van der Waals surface area contributed by atoms with Gasteiger partial charge in [-0.15, -0.1) is 0 Å². The average molecular weight is 180 g/mol. The predicted octanol–water partition coefficient (Wildman–Crippen LogP) is 1.73. The summed E-state index contributed by atoms with van der Waals surface area (Å²) in [6.45, 7) is 0.751. The molecule has 3 nitrogen and oxygen atoms in total. The molecule has 0 aliphatic carbocycles. The van der Waals surface area contributed by atoms with Crippen LogP contribution in [-0.2, 0) is 6.42 Å². The maximum Gasteiger partial charge on any atom is 0.164 e. The van der Waals surface area contributed by atoms with Crippen LogP contribution in [0.4, 0.5) is 0 Å². The Balaban J connectivity index is 2.44.